The average Bonchev–Trinajstić information content (AvgIpc) is 2.39. The summed E-state index contributed by atoms with van der Waals surface area (Å²) in [6, 6.07) is 9.26. The van der Waals surface area contributed by atoms with Crippen molar-refractivity contribution >= 4 is 34.5 Å². The summed E-state index contributed by atoms with van der Waals surface area (Å²) in [4.78, 5) is -0.0551. The average molecular weight is 313 g/mol. The Balaban J connectivity index is 2.22. The second-order valence-corrected chi connectivity index (χ2v) is 4.97. The topological polar surface area (TPSA) is 38.0 Å². The molecule has 0 aliphatic carbocycles. The zero-order chi connectivity index (χ0) is 14.7. The summed E-state index contributed by atoms with van der Waals surface area (Å²) in [5, 5.41) is 3.21. The summed E-state index contributed by atoms with van der Waals surface area (Å²) in [6.07, 6.45) is 0. The van der Waals surface area contributed by atoms with E-state index in [2.05, 4.69) is 17.5 Å². The molecule has 2 rings (SSSR count). The molecule has 0 spiro atoms. The fraction of sp³-hybridized carbons (Fsp3) is 0.0714. The van der Waals surface area contributed by atoms with Crippen molar-refractivity contribution in [2.45, 2.75) is 6.54 Å². The predicted molar refractivity (Wildman–Crippen MR) is 81.0 cm³/mol. The maximum absolute atomic E-state index is 13.8. The summed E-state index contributed by atoms with van der Waals surface area (Å²) in [6.45, 7) is 0.208. The van der Waals surface area contributed by atoms with Gasteiger partial charge in [-0.3, -0.25) is 0 Å². The van der Waals surface area contributed by atoms with Crippen molar-refractivity contribution in [3.63, 3.8) is 0 Å². The monoisotopic (exact) mass is 312 g/mol. The first kappa shape index (κ1) is 14.7. The number of benzene rings is 2. The van der Waals surface area contributed by atoms with Gasteiger partial charge in [0.15, 0.2) is 0 Å². The van der Waals surface area contributed by atoms with E-state index in [0.717, 1.165) is 17.7 Å². The van der Waals surface area contributed by atoms with Gasteiger partial charge in [-0.05, 0) is 23.8 Å². The van der Waals surface area contributed by atoms with Gasteiger partial charge < -0.3 is 11.1 Å². The van der Waals surface area contributed by atoms with Crippen LogP contribution in [0.5, 0.6) is 0 Å². The van der Waals surface area contributed by atoms with Crippen LogP contribution >= 0.6 is 23.8 Å². The molecule has 0 saturated carbocycles. The normalized spacial score (nSPS) is 10.3. The third-order valence-electron chi connectivity index (χ3n) is 2.74. The molecule has 0 aliphatic rings. The van der Waals surface area contributed by atoms with Crippen molar-refractivity contribution in [1.82, 2.24) is 0 Å². The van der Waals surface area contributed by atoms with Gasteiger partial charge in [-0.15, -0.1) is 0 Å². The predicted octanol–water partition coefficient (Wildman–Crippen LogP) is 3.86. The molecular weight excluding hydrogens is 302 g/mol. The molecule has 0 radical (unpaired) electrons. The van der Waals surface area contributed by atoms with E-state index in [1.54, 1.807) is 24.3 Å². The van der Waals surface area contributed by atoms with Crippen LogP contribution in [0.4, 0.5) is 14.5 Å². The van der Waals surface area contributed by atoms with Crippen LogP contribution in [0.3, 0.4) is 0 Å². The van der Waals surface area contributed by atoms with Gasteiger partial charge in [0, 0.05) is 17.1 Å². The molecule has 3 N–H and O–H groups in total. The molecule has 2 aromatic carbocycles. The molecule has 0 fully saturated rings. The van der Waals surface area contributed by atoms with Crippen LogP contribution in [0, 0.1) is 11.6 Å². The highest BCUT2D eigenvalue weighted by molar-refractivity contribution is 7.80. The zero-order valence-corrected chi connectivity index (χ0v) is 11.9. The lowest BCUT2D eigenvalue weighted by atomic mass is 10.1. The fourth-order valence-electron chi connectivity index (χ4n) is 1.71. The standard InChI is InChI=1S/C14H11ClF2N2S/c15-10-4-2-1-3-8(10)7-19-13-11(16)5-9(14(18)20)6-12(13)17/h1-6,19H,7H2,(H2,18,20). The Hall–Kier alpha value is -1.72. The van der Waals surface area contributed by atoms with Gasteiger partial charge in [-0.2, -0.15) is 0 Å². The van der Waals surface area contributed by atoms with Crippen LogP contribution in [-0.4, -0.2) is 4.99 Å². The van der Waals surface area contributed by atoms with E-state index in [1.807, 2.05) is 0 Å². The Morgan fingerprint density at radius 1 is 1.20 bits per heavy atom. The second-order valence-electron chi connectivity index (χ2n) is 4.12. The Morgan fingerprint density at radius 3 is 2.35 bits per heavy atom. The number of hydrogen-bond acceptors (Lipinski definition) is 2. The maximum atomic E-state index is 13.8. The van der Waals surface area contributed by atoms with Gasteiger partial charge in [0.2, 0.25) is 0 Å². The molecule has 0 atom stereocenters. The van der Waals surface area contributed by atoms with Gasteiger partial charge in [0.05, 0.1) is 0 Å². The van der Waals surface area contributed by atoms with E-state index in [1.165, 1.54) is 0 Å². The summed E-state index contributed by atoms with van der Waals surface area (Å²) < 4.78 is 27.6. The second kappa shape index (κ2) is 6.15. The molecule has 0 aromatic heterocycles. The summed E-state index contributed by atoms with van der Waals surface area (Å²) in [5.41, 5.74) is 6.01. The fourth-order valence-corrected chi connectivity index (χ4v) is 2.03. The molecule has 20 heavy (non-hydrogen) atoms. The molecule has 0 heterocycles. The Bertz CT molecular complexity index is 638. The van der Waals surface area contributed by atoms with Crippen LogP contribution in [0.15, 0.2) is 36.4 Å². The van der Waals surface area contributed by atoms with Crippen molar-refractivity contribution in [1.29, 1.82) is 0 Å². The minimum Gasteiger partial charge on any atom is -0.389 e. The van der Waals surface area contributed by atoms with Crippen molar-refractivity contribution in [3.8, 4) is 0 Å². The number of thiocarbonyl (C=S) groups is 1. The highest BCUT2D eigenvalue weighted by atomic mass is 35.5. The van der Waals surface area contributed by atoms with Gasteiger partial charge in [-0.25, -0.2) is 8.78 Å². The molecule has 0 bridgehead atoms. The Kier molecular flexibility index (Phi) is 4.52. The molecule has 2 nitrogen and oxygen atoms in total. The lowest BCUT2D eigenvalue weighted by Crippen LogP contribution is -2.12. The van der Waals surface area contributed by atoms with Gasteiger partial charge in [0.1, 0.15) is 22.3 Å². The highest BCUT2D eigenvalue weighted by Crippen LogP contribution is 2.23. The van der Waals surface area contributed by atoms with Crippen molar-refractivity contribution in [2.75, 3.05) is 5.32 Å². The number of nitrogens with two attached hydrogens (primary N) is 1. The molecule has 104 valence electrons. The number of anilines is 1. The van der Waals surface area contributed by atoms with E-state index < -0.39 is 11.6 Å². The number of halogens is 3. The zero-order valence-electron chi connectivity index (χ0n) is 10.3. The lowest BCUT2D eigenvalue weighted by Gasteiger charge is -2.11. The van der Waals surface area contributed by atoms with Crippen molar-refractivity contribution < 1.29 is 8.78 Å². The van der Waals surface area contributed by atoms with Crippen LogP contribution in [0.2, 0.25) is 5.02 Å². The van der Waals surface area contributed by atoms with E-state index >= 15 is 0 Å². The van der Waals surface area contributed by atoms with E-state index in [-0.39, 0.29) is 22.8 Å². The number of hydrogen-bond donors (Lipinski definition) is 2. The number of rotatable bonds is 4. The largest absolute Gasteiger partial charge is 0.389 e. The van der Waals surface area contributed by atoms with Crippen molar-refractivity contribution in [2.24, 2.45) is 5.73 Å². The third-order valence-corrected chi connectivity index (χ3v) is 3.34. The van der Waals surface area contributed by atoms with E-state index in [9.17, 15) is 8.78 Å². The molecule has 0 amide bonds. The number of nitrogens with one attached hydrogen (secondary N) is 1. The highest BCUT2D eigenvalue weighted by Gasteiger charge is 2.12. The first-order valence-corrected chi connectivity index (χ1v) is 6.54. The van der Waals surface area contributed by atoms with Crippen LogP contribution < -0.4 is 11.1 Å². The van der Waals surface area contributed by atoms with Gasteiger partial charge in [0.25, 0.3) is 0 Å². The molecule has 2 aromatic rings. The summed E-state index contributed by atoms with van der Waals surface area (Å²) in [7, 11) is 0. The van der Waals surface area contributed by atoms with Crippen LogP contribution in [0.1, 0.15) is 11.1 Å². The minimum absolute atomic E-state index is 0.0551. The first-order chi connectivity index (χ1) is 9.49. The summed E-state index contributed by atoms with van der Waals surface area (Å²) >= 11 is 10.7. The molecular formula is C14H11ClF2N2S. The SMILES string of the molecule is NC(=S)c1cc(F)c(NCc2ccccc2Cl)c(F)c1. The third kappa shape index (κ3) is 3.23. The Labute approximate surface area is 125 Å². The van der Waals surface area contributed by atoms with E-state index in [0.29, 0.717) is 5.02 Å². The maximum Gasteiger partial charge on any atom is 0.150 e. The van der Waals surface area contributed by atoms with Gasteiger partial charge in [-0.1, -0.05) is 42.0 Å². The minimum atomic E-state index is -0.750. The smallest absolute Gasteiger partial charge is 0.150 e. The molecule has 0 saturated heterocycles. The molecule has 0 aliphatic heterocycles. The quantitative estimate of drug-likeness (QED) is 0.842. The van der Waals surface area contributed by atoms with Crippen LogP contribution in [0.25, 0.3) is 0 Å². The molecule has 6 heteroatoms. The lowest BCUT2D eigenvalue weighted by molar-refractivity contribution is 0.587. The Morgan fingerprint density at radius 2 is 1.80 bits per heavy atom. The van der Waals surface area contributed by atoms with Gasteiger partial charge >= 0.3 is 0 Å². The van der Waals surface area contributed by atoms with Crippen LogP contribution in [-0.2, 0) is 6.54 Å². The molecule has 0 unspecified atom stereocenters. The van der Waals surface area contributed by atoms with E-state index in [4.69, 9.17) is 17.3 Å². The summed E-state index contributed by atoms with van der Waals surface area (Å²) in [5.74, 6) is -1.50. The first-order valence-electron chi connectivity index (χ1n) is 5.75. The van der Waals surface area contributed by atoms with Crippen molar-refractivity contribution in [3.05, 3.63) is 64.2 Å².